The number of rotatable bonds is 4. The summed E-state index contributed by atoms with van der Waals surface area (Å²) in [5.41, 5.74) is 4.30. The van der Waals surface area contributed by atoms with Crippen LogP contribution in [0.4, 0.5) is 13.2 Å². The minimum Gasteiger partial charge on any atom is -0.369 e. The smallest absolute Gasteiger partial charge is 0.369 e. The van der Waals surface area contributed by atoms with E-state index in [1.165, 1.54) is 12.1 Å². The molecule has 1 aromatic carbocycles. The van der Waals surface area contributed by atoms with Crippen LogP contribution in [0.25, 0.3) is 0 Å². The minimum absolute atomic E-state index is 0.0873. The Labute approximate surface area is 101 Å². The number of nitrogens with one attached hydrogen (secondary N) is 1. The lowest BCUT2D eigenvalue weighted by atomic mass is 10.1. The Balaban J connectivity index is 2.63. The predicted molar refractivity (Wildman–Crippen MR) is 57.1 cm³/mol. The van der Waals surface area contributed by atoms with Crippen molar-refractivity contribution in [3.63, 3.8) is 0 Å². The van der Waals surface area contributed by atoms with Crippen molar-refractivity contribution in [2.75, 3.05) is 0 Å². The molecule has 2 amide bonds. The summed E-state index contributed by atoms with van der Waals surface area (Å²) in [5, 5.41) is 2.30. The summed E-state index contributed by atoms with van der Waals surface area (Å²) in [4.78, 5) is 21.5. The van der Waals surface area contributed by atoms with Gasteiger partial charge in [0.05, 0.1) is 5.56 Å². The van der Waals surface area contributed by atoms with Gasteiger partial charge in [0, 0.05) is 6.54 Å². The van der Waals surface area contributed by atoms with Gasteiger partial charge in [-0.05, 0) is 17.7 Å². The van der Waals surface area contributed by atoms with Crippen molar-refractivity contribution in [3.05, 3.63) is 35.4 Å². The first-order valence-corrected chi connectivity index (χ1v) is 5.00. The van der Waals surface area contributed by atoms with Gasteiger partial charge in [0.2, 0.25) is 11.8 Å². The first-order valence-electron chi connectivity index (χ1n) is 5.00. The van der Waals surface area contributed by atoms with Gasteiger partial charge in [0.15, 0.2) is 0 Å². The molecule has 3 N–H and O–H groups in total. The Morgan fingerprint density at radius 3 is 2.50 bits per heavy atom. The second-order valence-corrected chi connectivity index (χ2v) is 3.62. The Kier molecular flexibility index (Phi) is 4.30. The summed E-state index contributed by atoms with van der Waals surface area (Å²) in [7, 11) is 0. The highest BCUT2D eigenvalue weighted by Crippen LogP contribution is 2.29. The summed E-state index contributed by atoms with van der Waals surface area (Å²) >= 11 is 0. The first-order chi connectivity index (χ1) is 8.29. The second-order valence-electron chi connectivity index (χ2n) is 3.62. The van der Waals surface area contributed by atoms with Crippen LogP contribution in [0.3, 0.4) is 0 Å². The Morgan fingerprint density at radius 1 is 1.28 bits per heavy atom. The molecule has 0 saturated heterocycles. The van der Waals surface area contributed by atoms with E-state index in [-0.39, 0.29) is 6.54 Å². The zero-order valence-electron chi connectivity index (χ0n) is 9.25. The summed E-state index contributed by atoms with van der Waals surface area (Å²) in [6.45, 7) is -0.0873. The third kappa shape index (κ3) is 4.44. The van der Waals surface area contributed by atoms with Crippen molar-refractivity contribution >= 4 is 11.8 Å². The number of amides is 2. The second kappa shape index (κ2) is 5.52. The van der Waals surface area contributed by atoms with Crippen molar-refractivity contribution in [1.29, 1.82) is 0 Å². The molecule has 0 atom stereocenters. The largest absolute Gasteiger partial charge is 0.416 e. The van der Waals surface area contributed by atoms with Crippen LogP contribution < -0.4 is 11.1 Å². The van der Waals surface area contributed by atoms with Crippen LogP contribution in [0.15, 0.2) is 24.3 Å². The molecule has 4 nitrogen and oxygen atoms in total. The molecule has 7 heteroatoms. The van der Waals surface area contributed by atoms with Crippen LogP contribution in [-0.4, -0.2) is 11.8 Å². The molecule has 0 radical (unpaired) electrons. The van der Waals surface area contributed by atoms with Gasteiger partial charge in [-0.3, -0.25) is 9.59 Å². The topological polar surface area (TPSA) is 72.2 Å². The maximum atomic E-state index is 12.4. The Bertz CT molecular complexity index is 458. The molecule has 0 spiro atoms. The van der Waals surface area contributed by atoms with Gasteiger partial charge in [-0.1, -0.05) is 12.1 Å². The lowest BCUT2D eigenvalue weighted by molar-refractivity contribution is -0.137. The van der Waals surface area contributed by atoms with Gasteiger partial charge in [-0.2, -0.15) is 13.2 Å². The Hall–Kier alpha value is -2.05. The molecule has 98 valence electrons. The van der Waals surface area contributed by atoms with Crippen molar-refractivity contribution in [2.45, 2.75) is 19.1 Å². The maximum absolute atomic E-state index is 12.4. The molecule has 1 aromatic rings. The van der Waals surface area contributed by atoms with E-state index in [2.05, 4.69) is 5.32 Å². The molecule has 18 heavy (non-hydrogen) atoms. The fourth-order valence-electron chi connectivity index (χ4n) is 1.28. The van der Waals surface area contributed by atoms with Crippen molar-refractivity contribution in [3.8, 4) is 0 Å². The molecule has 0 aromatic heterocycles. The number of halogens is 3. The standard InChI is InChI=1S/C11H11F3N2O2/c12-11(13,14)8-3-1-2-7(4-8)6-16-10(18)5-9(15)17/h1-4H,5-6H2,(H2,15,17)(H,16,18). The number of nitrogens with two attached hydrogens (primary N) is 1. The van der Waals surface area contributed by atoms with E-state index >= 15 is 0 Å². The first kappa shape index (κ1) is 14.0. The molecule has 1 rings (SSSR count). The van der Waals surface area contributed by atoms with Crippen molar-refractivity contribution in [2.24, 2.45) is 5.73 Å². The molecule has 0 heterocycles. The lowest BCUT2D eigenvalue weighted by Gasteiger charge is -2.09. The van der Waals surface area contributed by atoms with Gasteiger partial charge in [-0.25, -0.2) is 0 Å². The number of alkyl halides is 3. The van der Waals surface area contributed by atoms with Gasteiger partial charge < -0.3 is 11.1 Å². The van der Waals surface area contributed by atoms with Crippen LogP contribution >= 0.6 is 0 Å². The highest BCUT2D eigenvalue weighted by molar-refractivity contribution is 5.95. The van der Waals surface area contributed by atoms with Crippen LogP contribution in [0.1, 0.15) is 17.5 Å². The van der Waals surface area contributed by atoms with E-state index in [1.807, 2.05) is 0 Å². The third-order valence-corrected chi connectivity index (χ3v) is 2.08. The van der Waals surface area contributed by atoms with Gasteiger partial charge >= 0.3 is 6.18 Å². The molecule has 0 aliphatic heterocycles. The van der Waals surface area contributed by atoms with Crippen LogP contribution in [0.5, 0.6) is 0 Å². The molecule has 0 bridgehead atoms. The molecule has 0 aliphatic rings. The number of benzene rings is 1. The average molecular weight is 260 g/mol. The number of carbonyl (C=O) groups excluding carboxylic acids is 2. The molecular formula is C11H11F3N2O2. The summed E-state index contributed by atoms with van der Waals surface area (Å²) < 4.78 is 37.2. The van der Waals surface area contributed by atoms with E-state index in [0.717, 1.165) is 12.1 Å². The van der Waals surface area contributed by atoms with E-state index < -0.39 is 30.0 Å². The van der Waals surface area contributed by atoms with Crippen molar-refractivity contribution < 1.29 is 22.8 Å². The van der Waals surface area contributed by atoms with E-state index in [4.69, 9.17) is 5.73 Å². The normalized spacial score (nSPS) is 11.1. The number of carbonyl (C=O) groups is 2. The fraction of sp³-hybridized carbons (Fsp3) is 0.273. The lowest BCUT2D eigenvalue weighted by Crippen LogP contribution is -2.28. The van der Waals surface area contributed by atoms with Crippen LogP contribution in [0.2, 0.25) is 0 Å². The summed E-state index contributed by atoms with van der Waals surface area (Å²) in [6.07, 6.45) is -4.91. The fourth-order valence-corrected chi connectivity index (χ4v) is 1.28. The predicted octanol–water partition coefficient (Wildman–Crippen LogP) is 1.20. The van der Waals surface area contributed by atoms with Gasteiger partial charge in [0.1, 0.15) is 6.42 Å². The van der Waals surface area contributed by atoms with Crippen LogP contribution in [-0.2, 0) is 22.3 Å². The highest BCUT2D eigenvalue weighted by atomic mass is 19.4. The van der Waals surface area contributed by atoms with E-state index in [9.17, 15) is 22.8 Å². The van der Waals surface area contributed by atoms with Crippen LogP contribution in [0, 0.1) is 0 Å². The number of hydrogen-bond donors (Lipinski definition) is 2. The molecule has 0 fully saturated rings. The van der Waals surface area contributed by atoms with Gasteiger partial charge in [0.25, 0.3) is 0 Å². The number of hydrogen-bond acceptors (Lipinski definition) is 2. The average Bonchev–Trinajstić information content (AvgIpc) is 2.25. The minimum atomic E-state index is -4.42. The Morgan fingerprint density at radius 2 is 1.94 bits per heavy atom. The van der Waals surface area contributed by atoms with Crippen molar-refractivity contribution in [1.82, 2.24) is 5.32 Å². The number of primary amides is 1. The molecule has 0 saturated carbocycles. The highest BCUT2D eigenvalue weighted by Gasteiger charge is 2.30. The zero-order valence-corrected chi connectivity index (χ0v) is 9.25. The van der Waals surface area contributed by atoms with E-state index in [1.54, 1.807) is 0 Å². The summed E-state index contributed by atoms with van der Waals surface area (Å²) in [6, 6.07) is 4.57. The van der Waals surface area contributed by atoms with E-state index in [0.29, 0.717) is 5.56 Å². The maximum Gasteiger partial charge on any atom is 0.416 e. The quantitative estimate of drug-likeness (QED) is 0.798. The molecule has 0 aliphatic carbocycles. The molecule has 0 unspecified atom stereocenters. The third-order valence-electron chi connectivity index (χ3n) is 2.08. The SMILES string of the molecule is NC(=O)CC(=O)NCc1cccc(C(F)(F)F)c1. The summed E-state index contributed by atoms with van der Waals surface area (Å²) in [5.74, 6) is -1.42. The molecular weight excluding hydrogens is 249 g/mol. The zero-order chi connectivity index (χ0) is 13.8. The van der Waals surface area contributed by atoms with Gasteiger partial charge in [-0.15, -0.1) is 0 Å². The monoisotopic (exact) mass is 260 g/mol.